The summed E-state index contributed by atoms with van der Waals surface area (Å²) in [6.07, 6.45) is 8.87. The molecular weight excluding hydrogens is 268 g/mol. The van der Waals surface area contributed by atoms with Gasteiger partial charge in [0.1, 0.15) is 5.78 Å². The van der Waals surface area contributed by atoms with Gasteiger partial charge < -0.3 is 11.5 Å². The van der Waals surface area contributed by atoms with Crippen LogP contribution < -0.4 is 11.5 Å². The zero-order valence-corrected chi connectivity index (χ0v) is 13.2. The predicted molar refractivity (Wildman–Crippen MR) is 83.3 cm³/mol. The fourth-order valence-corrected chi connectivity index (χ4v) is 2.36. The third kappa shape index (κ3) is 11.0. The first-order chi connectivity index (χ1) is 9.99. The Morgan fingerprint density at radius 2 is 1.38 bits per heavy atom. The highest BCUT2D eigenvalue weighted by atomic mass is 16.2. The van der Waals surface area contributed by atoms with E-state index in [1.165, 1.54) is 0 Å². The SMILES string of the molecule is CCCCCC(=O)C(CCCCCCCC(N)=O)C(N)=O. The van der Waals surface area contributed by atoms with Gasteiger partial charge in [-0.25, -0.2) is 0 Å². The van der Waals surface area contributed by atoms with Crippen LogP contribution in [0.1, 0.15) is 77.6 Å². The minimum atomic E-state index is -0.618. The minimum Gasteiger partial charge on any atom is -0.370 e. The van der Waals surface area contributed by atoms with Crippen LogP contribution in [0.3, 0.4) is 0 Å². The third-order valence-corrected chi connectivity index (χ3v) is 3.67. The number of nitrogens with two attached hydrogens (primary N) is 2. The molecule has 21 heavy (non-hydrogen) atoms. The van der Waals surface area contributed by atoms with Crippen molar-refractivity contribution in [2.45, 2.75) is 77.6 Å². The molecule has 1 atom stereocenters. The number of hydrogen-bond donors (Lipinski definition) is 2. The molecule has 0 saturated heterocycles. The van der Waals surface area contributed by atoms with Crippen molar-refractivity contribution in [1.82, 2.24) is 0 Å². The summed E-state index contributed by atoms with van der Waals surface area (Å²) >= 11 is 0. The average Bonchev–Trinajstić information content (AvgIpc) is 2.41. The van der Waals surface area contributed by atoms with Gasteiger partial charge in [0.25, 0.3) is 0 Å². The lowest BCUT2D eigenvalue weighted by Gasteiger charge is -2.12. The molecule has 0 rings (SSSR count). The second-order valence-electron chi connectivity index (χ2n) is 5.65. The number of amides is 2. The van der Waals surface area contributed by atoms with E-state index in [1.54, 1.807) is 0 Å². The molecule has 0 aromatic carbocycles. The fraction of sp³-hybridized carbons (Fsp3) is 0.812. The van der Waals surface area contributed by atoms with E-state index in [-0.39, 0.29) is 11.7 Å². The van der Waals surface area contributed by atoms with Gasteiger partial charge in [-0.2, -0.15) is 0 Å². The van der Waals surface area contributed by atoms with Crippen molar-refractivity contribution in [3.05, 3.63) is 0 Å². The van der Waals surface area contributed by atoms with E-state index in [0.717, 1.165) is 51.4 Å². The molecule has 0 bridgehead atoms. The van der Waals surface area contributed by atoms with Gasteiger partial charge in [0.2, 0.25) is 11.8 Å². The molecular formula is C16H30N2O3. The zero-order chi connectivity index (χ0) is 16.1. The van der Waals surface area contributed by atoms with Crippen molar-refractivity contribution in [1.29, 1.82) is 0 Å². The van der Waals surface area contributed by atoms with Gasteiger partial charge in [0.15, 0.2) is 0 Å². The maximum Gasteiger partial charge on any atom is 0.227 e. The molecule has 1 unspecified atom stereocenters. The van der Waals surface area contributed by atoms with Crippen molar-refractivity contribution < 1.29 is 14.4 Å². The van der Waals surface area contributed by atoms with Crippen LogP contribution in [0.4, 0.5) is 0 Å². The van der Waals surface area contributed by atoms with Crippen molar-refractivity contribution in [3.8, 4) is 0 Å². The van der Waals surface area contributed by atoms with E-state index >= 15 is 0 Å². The zero-order valence-electron chi connectivity index (χ0n) is 13.2. The van der Waals surface area contributed by atoms with E-state index in [0.29, 0.717) is 19.3 Å². The maximum absolute atomic E-state index is 11.9. The predicted octanol–water partition coefficient (Wildman–Crippen LogP) is 2.45. The van der Waals surface area contributed by atoms with Crippen LogP contribution in [-0.4, -0.2) is 17.6 Å². The van der Waals surface area contributed by atoms with E-state index in [9.17, 15) is 14.4 Å². The standard InChI is InChI=1S/C16H30N2O3/c1-2-3-7-11-14(19)13(16(18)21)10-8-5-4-6-9-12-15(17)20/h13H,2-12H2,1H3,(H2,17,20)(H2,18,21). The number of Topliss-reactive ketones (excluding diaryl/α,β-unsaturated/α-hetero) is 1. The molecule has 0 saturated carbocycles. The molecule has 5 heteroatoms. The van der Waals surface area contributed by atoms with Gasteiger partial charge in [-0.05, 0) is 19.3 Å². The molecule has 0 aliphatic heterocycles. The first kappa shape index (κ1) is 19.6. The first-order valence-corrected chi connectivity index (χ1v) is 8.09. The van der Waals surface area contributed by atoms with E-state index in [2.05, 4.69) is 6.92 Å². The fourth-order valence-electron chi connectivity index (χ4n) is 2.36. The highest BCUT2D eigenvalue weighted by Gasteiger charge is 2.22. The second-order valence-corrected chi connectivity index (χ2v) is 5.65. The van der Waals surface area contributed by atoms with Crippen LogP contribution in [0.2, 0.25) is 0 Å². The normalized spacial score (nSPS) is 12.0. The topological polar surface area (TPSA) is 103 Å². The molecule has 0 fully saturated rings. The number of rotatable bonds is 14. The summed E-state index contributed by atoms with van der Waals surface area (Å²) < 4.78 is 0. The largest absolute Gasteiger partial charge is 0.370 e. The average molecular weight is 298 g/mol. The molecule has 0 spiro atoms. The summed E-state index contributed by atoms with van der Waals surface area (Å²) in [5.41, 5.74) is 10.4. The smallest absolute Gasteiger partial charge is 0.227 e. The Labute approximate surface area is 127 Å². The Hall–Kier alpha value is -1.39. The van der Waals surface area contributed by atoms with Crippen molar-refractivity contribution in [3.63, 3.8) is 0 Å². The summed E-state index contributed by atoms with van der Waals surface area (Å²) in [4.78, 5) is 33.9. The molecule has 4 N–H and O–H groups in total. The Kier molecular flexibility index (Phi) is 11.5. The molecule has 0 aliphatic carbocycles. The number of carbonyl (C=O) groups excluding carboxylic acids is 3. The van der Waals surface area contributed by atoms with Gasteiger partial charge >= 0.3 is 0 Å². The molecule has 0 heterocycles. The molecule has 0 aromatic rings. The molecule has 122 valence electrons. The Morgan fingerprint density at radius 3 is 1.95 bits per heavy atom. The lowest BCUT2D eigenvalue weighted by molar-refractivity contribution is -0.132. The van der Waals surface area contributed by atoms with Crippen LogP contribution in [0.5, 0.6) is 0 Å². The Balaban J connectivity index is 3.81. The number of hydrogen-bond acceptors (Lipinski definition) is 3. The van der Waals surface area contributed by atoms with Crippen molar-refractivity contribution in [2.75, 3.05) is 0 Å². The Bertz CT molecular complexity index is 329. The maximum atomic E-state index is 11.9. The summed E-state index contributed by atoms with van der Waals surface area (Å²) in [6.45, 7) is 2.08. The van der Waals surface area contributed by atoms with Crippen LogP contribution in [-0.2, 0) is 14.4 Å². The molecule has 5 nitrogen and oxygen atoms in total. The highest BCUT2D eigenvalue weighted by Crippen LogP contribution is 2.16. The van der Waals surface area contributed by atoms with Crippen LogP contribution in [0, 0.1) is 5.92 Å². The molecule has 0 aliphatic rings. The lowest BCUT2D eigenvalue weighted by Crippen LogP contribution is -2.30. The molecule has 0 aromatic heterocycles. The number of ketones is 1. The van der Waals surface area contributed by atoms with Gasteiger partial charge in [0.05, 0.1) is 5.92 Å². The Morgan fingerprint density at radius 1 is 0.810 bits per heavy atom. The van der Waals surface area contributed by atoms with E-state index in [1.807, 2.05) is 0 Å². The molecule has 2 amide bonds. The van der Waals surface area contributed by atoms with Crippen LogP contribution in [0.25, 0.3) is 0 Å². The first-order valence-electron chi connectivity index (χ1n) is 8.09. The number of carbonyl (C=O) groups is 3. The van der Waals surface area contributed by atoms with Crippen LogP contribution >= 0.6 is 0 Å². The summed E-state index contributed by atoms with van der Waals surface area (Å²) in [5.74, 6) is -1.39. The monoisotopic (exact) mass is 298 g/mol. The van der Waals surface area contributed by atoms with Crippen molar-refractivity contribution >= 4 is 17.6 Å². The summed E-state index contributed by atoms with van der Waals surface area (Å²) in [6, 6.07) is 0. The van der Waals surface area contributed by atoms with Gasteiger partial charge in [-0.1, -0.05) is 45.4 Å². The van der Waals surface area contributed by atoms with Gasteiger partial charge in [-0.3, -0.25) is 14.4 Å². The lowest BCUT2D eigenvalue weighted by atomic mass is 9.92. The van der Waals surface area contributed by atoms with Gasteiger partial charge in [-0.15, -0.1) is 0 Å². The molecule has 0 radical (unpaired) electrons. The minimum absolute atomic E-state index is 0.00956. The second kappa shape index (κ2) is 12.4. The van der Waals surface area contributed by atoms with E-state index in [4.69, 9.17) is 11.5 Å². The van der Waals surface area contributed by atoms with Gasteiger partial charge in [0, 0.05) is 12.8 Å². The third-order valence-electron chi connectivity index (χ3n) is 3.67. The van der Waals surface area contributed by atoms with Crippen molar-refractivity contribution in [2.24, 2.45) is 17.4 Å². The number of primary amides is 2. The summed E-state index contributed by atoms with van der Waals surface area (Å²) in [5, 5.41) is 0. The summed E-state index contributed by atoms with van der Waals surface area (Å²) in [7, 11) is 0. The van der Waals surface area contributed by atoms with E-state index < -0.39 is 11.8 Å². The number of unbranched alkanes of at least 4 members (excludes halogenated alkanes) is 6. The van der Waals surface area contributed by atoms with Crippen LogP contribution in [0.15, 0.2) is 0 Å². The highest BCUT2D eigenvalue weighted by molar-refractivity contribution is 6.00. The quantitative estimate of drug-likeness (QED) is 0.380.